The molecule has 0 heterocycles. The molecule has 0 aliphatic carbocycles. The first-order valence-electron chi connectivity index (χ1n) is 3.51. The zero-order valence-electron chi connectivity index (χ0n) is 6.70. The van der Waals surface area contributed by atoms with Gasteiger partial charge in [-0.05, 0) is 19.1 Å². The molecule has 2 N–H and O–H groups in total. The van der Waals surface area contributed by atoms with E-state index in [1.165, 1.54) is 6.92 Å². The summed E-state index contributed by atoms with van der Waals surface area (Å²) in [5, 5.41) is 0. The molecule has 0 saturated carbocycles. The largest absolute Gasteiger partial charge is 0.398 e. The van der Waals surface area contributed by atoms with Gasteiger partial charge in [-0.2, -0.15) is 0 Å². The maximum absolute atomic E-state index is 10.9. The minimum Gasteiger partial charge on any atom is -0.398 e. The second-order valence-corrected chi connectivity index (χ2v) is 2.48. The van der Waals surface area contributed by atoms with Crippen LogP contribution in [0, 0.1) is 0 Å². The average Bonchev–Trinajstić information content (AvgIpc) is 2.04. The van der Waals surface area contributed by atoms with E-state index < -0.39 is 0 Å². The second-order valence-electron chi connectivity index (χ2n) is 2.48. The van der Waals surface area contributed by atoms with E-state index in [0.29, 0.717) is 17.4 Å². The van der Waals surface area contributed by atoms with Gasteiger partial charge in [0.1, 0.15) is 0 Å². The summed E-state index contributed by atoms with van der Waals surface area (Å²) < 4.78 is 0. The summed E-state index contributed by atoms with van der Waals surface area (Å²) in [6, 6.07) is 4.82. The summed E-state index contributed by atoms with van der Waals surface area (Å²) >= 11 is 0. The van der Waals surface area contributed by atoms with Crippen molar-refractivity contribution in [2.24, 2.45) is 0 Å². The summed E-state index contributed by atoms with van der Waals surface area (Å²) in [4.78, 5) is 21.3. The van der Waals surface area contributed by atoms with Crippen molar-refractivity contribution < 1.29 is 9.59 Å². The number of Topliss-reactive ketones (excluding diaryl/α,β-unsaturated/α-hetero) is 1. The SMILES string of the molecule is CC(=O)c1cccc(C=O)c1N. The minimum absolute atomic E-state index is 0.129. The molecule has 62 valence electrons. The lowest BCUT2D eigenvalue weighted by Gasteiger charge is -2.02. The van der Waals surface area contributed by atoms with Gasteiger partial charge in [0.25, 0.3) is 0 Å². The first-order chi connectivity index (χ1) is 5.66. The van der Waals surface area contributed by atoms with Gasteiger partial charge in [-0.3, -0.25) is 9.59 Å². The lowest BCUT2D eigenvalue weighted by Crippen LogP contribution is -2.02. The quantitative estimate of drug-likeness (QED) is 0.406. The number of rotatable bonds is 2. The molecule has 0 saturated heterocycles. The Morgan fingerprint density at radius 2 is 2.17 bits per heavy atom. The van der Waals surface area contributed by atoms with Gasteiger partial charge < -0.3 is 5.73 Å². The first kappa shape index (κ1) is 8.46. The summed E-state index contributed by atoms with van der Waals surface area (Å²) in [5.74, 6) is -0.129. The number of anilines is 1. The number of carbonyl (C=O) groups excluding carboxylic acids is 2. The summed E-state index contributed by atoms with van der Waals surface area (Å²) in [7, 11) is 0. The third-order valence-electron chi connectivity index (χ3n) is 1.65. The highest BCUT2D eigenvalue weighted by molar-refractivity contribution is 6.02. The van der Waals surface area contributed by atoms with Crippen molar-refractivity contribution in [1.82, 2.24) is 0 Å². The van der Waals surface area contributed by atoms with Gasteiger partial charge >= 0.3 is 0 Å². The smallest absolute Gasteiger partial charge is 0.161 e. The average molecular weight is 163 g/mol. The highest BCUT2D eigenvalue weighted by Crippen LogP contribution is 2.15. The number of hydrogen-bond acceptors (Lipinski definition) is 3. The molecule has 0 fully saturated rings. The van der Waals surface area contributed by atoms with Crippen LogP contribution in [0.5, 0.6) is 0 Å². The molecule has 0 amide bonds. The number of benzene rings is 1. The van der Waals surface area contributed by atoms with Gasteiger partial charge in [-0.1, -0.05) is 6.07 Å². The van der Waals surface area contributed by atoms with Gasteiger partial charge in [0, 0.05) is 11.1 Å². The summed E-state index contributed by atoms with van der Waals surface area (Å²) in [6.07, 6.45) is 0.641. The second kappa shape index (κ2) is 3.17. The molecule has 1 aromatic carbocycles. The van der Waals surface area contributed by atoms with Gasteiger partial charge in [0.15, 0.2) is 12.1 Å². The van der Waals surface area contributed by atoms with Crippen LogP contribution in [0.1, 0.15) is 27.6 Å². The van der Waals surface area contributed by atoms with Crippen LogP contribution < -0.4 is 5.73 Å². The van der Waals surface area contributed by atoms with E-state index in [2.05, 4.69) is 0 Å². The number of carbonyl (C=O) groups is 2. The molecular formula is C9H9NO2. The van der Waals surface area contributed by atoms with Crippen molar-refractivity contribution in [3.05, 3.63) is 29.3 Å². The van der Waals surface area contributed by atoms with Crippen molar-refractivity contribution in [2.45, 2.75) is 6.92 Å². The van der Waals surface area contributed by atoms with E-state index in [1.807, 2.05) is 0 Å². The monoisotopic (exact) mass is 163 g/mol. The number of ketones is 1. The van der Waals surface area contributed by atoms with Crippen molar-refractivity contribution in [1.29, 1.82) is 0 Å². The Morgan fingerprint density at radius 3 is 2.67 bits per heavy atom. The normalized spacial score (nSPS) is 9.42. The standard InChI is InChI=1S/C9H9NO2/c1-6(12)8-4-2-3-7(5-11)9(8)10/h2-5H,10H2,1H3. The van der Waals surface area contributed by atoms with Crippen LogP contribution in [-0.4, -0.2) is 12.1 Å². The molecule has 0 atom stereocenters. The van der Waals surface area contributed by atoms with Crippen LogP contribution in [0.3, 0.4) is 0 Å². The number of nitrogen functional groups attached to an aromatic ring is 1. The first-order valence-corrected chi connectivity index (χ1v) is 3.51. The van der Waals surface area contributed by atoms with Gasteiger partial charge in [-0.15, -0.1) is 0 Å². The molecule has 0 spiro atoms. The van der Waals surface area contributed by atoms with Gasteiger partial charge in [-0.25, -0.2) is 0 Å². The van der Waals surface area contributed by atoms with Crippen LogP contribution in [0.15, 0.2) is 18.2 Å². The number of hydrogen-bond donors (Lipinski definition) is 1. The predicted molar refractivity (Wildman–Crippen MR) is 46.2 cm³/mol. The van der Waals surface area contributed by atoms with E-state index in [1.54, 1.807) is 18.2 Å². The molecule has 0 aliphatic rings. The Balaban J connectivity index is 3.32. The molecule has 1 rings (SSSR count). The number of para-hydroxylation sites is 1. The fraction of sp³-hybridized carbons (Fsp3) is 0.111. The molecule has 0 unspecified atom stereocenters. The molecule has 0 aliphatic heterocycles. The molecule has 0 radical (unpaired) electrons. The van der Waals surface area contributed by atoms with Crippen molar-refractivity contribution >= 4 is 17.8 Å². The Labute approximate surface area is 70.2 Å². The Morgan fingerprint density at radius 1 is 1.50 bits per heavy atom. The van der Waals surface area contributed by atoms with E-state index in [0.717, 1.165) is 0 Å². The Bertz CT molecular complexity index is 331. The van der Waals surface area contributed by atoms with E-state index in [9.17, 15) is 9.59 Å². The van der Waals surface area contributed by atoms with Crippen LogP contribution >= 0.6 is 0 Å². The number of aldehydes is 1. The maximum Gasteiger partial charge on any atom is 0.161 e. The molecule has 0 aromatic heterocycles. The lowest BCUT2D eigenvalue weighted by molar-refractivity contribution is 0.101. The molecular weight excluding hydrogens is 154 g/mol. The maximum atomic E-state index is 10.9. The molecule has 3 nitrogen and oxygen atoms in total. The zero-order chi connectivity index (χ0) is 9.14. The molecule has 0 bridgehead atoms. The van der Waals surface area contributed by atoms with E-state index in [-0.39, 0.29) is 11.5 Å². The Hall–Kier alpha value is -1.64. The summed E-state index contributed by atoms with van der Waals surface area (Å²) in [5.41, 5.74) is 6.57. The van der Waals surface area contributed by atoms with Crippen molar-refractivity contribution in [2.75, 3.05) is 5.73 Å². The fourth-order valence-corrected chi connectivity index (χ4v) is 0.993. The topological polar surface area (TPSA) is 60.2 Å². The third kappa shape index (κ3) is 1.34. The van der Waals surface area contributed by atoms with Crippen LogP contribution in [0.2, 0.25) is 0 Å². The van der Waals surface area contributed by atoms with Crippen molar-refractivity contribution in [3.63, 3.8) is 0 Å². The molecule has 1 aromatic rings. The summed E-state index contributed by atoms with van der Waals surface area (Å²) in [6.45, 7) is 1.42. The lowest BCUT2D eigenvalue weighted by atomic mass is 10.1. The zero-order valence-corrected chi connectivity index (χ0v) is 6.70. The number of nitrogens with two attached hydrogens (primary N) is 1. The van der Waals surface area contributed by atoms with Crippen molar-refractivity contribution in [3.8, 4) is 0 Å². The van der Waals surface area contributed by atoms with Gasteiger partial charge in [0.05, 0.1) is 5.69 Å². The highest BCUT2D eigenvalue weighted by atomic mass is 16.1. The fourth-order valence-electron chi connectivity index (χ4n) is 0.993. The third-order valence-corrected chi connectivity index (χ3v) is 1.65. The predicted octanol–water partition coefficient (Wildman–Crippen LogP) is 1.28. The van der Waals surface area contributed by atoms with E-state index in [4.69, 9.17) is 5.73 Å². The molecule has 3 heteroatoms. The van der Waals surface area contributed by atoms with Gasteiger partial charge in [0.2, 0.25) is 0 Å². The van der Waals surface area contributed by atoms with Crippen LogP contribution in [0.4, 0.5) is 5.69 Å². The minimum atomic E-state index is -0.129. The van der Waals surface area contributed by atoms with E-state index >= 15 is 0 Å². The Kier molecular flexibility index (Phi) is 2.24. The van der Waals surface area contributed by atoms with Crippen LogP contribution in [0.25, 0.3) is 0 Å². The highest BCUT2D eigenvalue weighted by Gasteiger charge is 2.06. The van der Waals surface area contributed by atoms with Crippen LogP contribution in [-0.2, 0) is 0 Å². The molecule has 12 heavy (non-hydrogen) atoms.